The van der Waals surface area contributed by atoms with Crippen molar-refractivity contribution in [2.45, 2.75) is 20.0 Å². The zero-order valence-corrected chi connectivity index (χ0v) is 8.21. The molecule has 0 aromatic carbocycles. The van der Waals surface area contributed by atoms with Crippen LogP contribution in [0.5, 0.6) is 0 Å². The van der Waals surface area contributed by atoms with Gasteiger partial charge in [-0.15, -0.1) is 0 Å². The lowest BCUT2D eigenvalue weighted by molar-refractivity contribution is 0.222. The molecule has 0 N–H and O–H groups in total. The topological polar surface area (TPSA) is 62.2 Å². The lowest BCUT2D eigenvalue weighted by Crippen LogP contribution is -2.04. The minimum atomic E-state index is -2.48. The zero-order valence-electron chi connectivity index (χ0n) is 7.39. The molecule has 1 rings (SSSR count). The minimum absolute atomic E-state index is 0.480. The Morgan fingerprint density at radius 2 is 2.38 bits per heavy atom. The van der Waals surface area contributed by atoms with Crippen molar-refractivity contribution in [3.8, 4) is 0 Å². The quantitative estimate of drug-likeness (QED) is 0.689. The molecular weight excluding hydrogens is 190 g/mol. The molecule has 0 fully saturated rings. The molecule has 2 unspecified atom stereocenters. The van der Waals surface area contributed by atoms with E-state index in [0.717, 1.165) is 11.3 Å². The molecule has 5 heteroatoms. The average molecular weight is 200 g/mol. The molecule has 0 aliphatic heterocycles. The third-order valence-corrected chi connectivity index (χ3v) is 2.15. The van der Waals surface area contributed by atoms with Crippen LogP contribution in [0.1, 0.15) is 24.3 Å². The van der Waals surface area contributed by atoms with E-state index < -0.39 is 17.5 Å². The van der Waals surface area contributed by atoms with Crippen molar-refractivity contribution in [1.29, 1.82) is 0 Å². The summed E-state index contributed by atoms with van der Waals surface area (Å²) in [5.41, 5.74) is 1.56. The van der Waals surface area contributed by atoms with E-state index in [1.54, 1.807) is 25.3 Å². The number of pyridine rings is 1. The van der Waals surface area contributed by atoms with Gasteiger partial charge in [-0.3, -0.25) is 9.17 Å². The van der Waals surface area contributed by atoms with Crippen LogP contribution in [0.4, 0.5) is 0 Å². The molecule has 1 heterocycles. The highest BCUT2D eigenvalue weighted by atomic mass is 32.2. The molecular formula is C8H10NO3S-. The van der Waals surface area contributed by atoms with Gasteiger partial charge in [-0.2, -0.15) is 0 Å². The predicted molar refractivity (Wildman–Crippen MR) is 47.4 cm³/mol. The normalized spacial score (nSPS) is 15.3. The first-order valence-electron chi connectivity index (χ1n) is 3.79. The lowest BCUT2D eigenvalue weighted by atomic mass is 10.1. The Kier molecular flexibility index (Phi) is 3.53. The standard InChI is InChI=1S/C8H11NO3S/c1-6-8(4-3-5-9-6)7(2)12-13(10)11/h3-5,7H,1-2H3,(H,10,11)/p-1. The first-order valence-corrected chi connectivity index (χ1v) is 4.79. The van der Waals surface area contributed by atoms with E-state index >= 15 is 0 Å². The summed E-state index contributed by atoms with van der Waals surface area (Å²) in [5, 5.41) is 0. The molecule has 0 aliphatic rings. The molecule has 13 heavy (non-hydrogen) atoms. The van der Waals surface area contributed by atoms with E-state index in [1.807, 2.05) is 6.92 Å². The number of aromatic nitrogens is 1. The van der Waals surface area contributed by atoms with Gasteiger partial charge in [0.1, 0.15) is 0 Å². The Hall–Kier alpha value is -0.780. The summed E-state index contributed by atoms with van der Waals surface area (Å²) in [4.78, 5) is 4.03. The van der Waals surface area contributed by atoms with E-state index in [-0.39, 0.29) is 0 Å². The molecule has 0 spiro atoms. The largest absolute Gasteiger partial charge is 0.750 e. The van der Waals surface area contributed by atoms with Crippen molar-refractivity contribution < 1.29 is 12.9 Å². The van der Waals surface area contributed by atoms with E-state index in [0.29, 0.717) is 0 Å². The van der Waals surface area contributed by atoms with Crippen LogP contribution in [-0.2, 0) is 15.5 Å². The molecule has 4 nitrogen and oxygen atoms in total. The van der Waals surface area contributed by atoms with Gasteiger partial charge in [0.2, 0.25) is 0 Å². The monoisotopic (exact) mass is 200 g/mol. The van der Waals surface area contributed by atoms with Gasteiger partial charge in [0.05, 0.1) is 17.5 Å². The van der Waals surface area contributed by atoms with Crippen LogP contribution in [0.15, 0.2) is 18.3 Å². The van der Waals surface area contributed by atoms with E-state index in [1.165, 1.54) is 0 Å². The summed E-state index contributed by atoms with van der Waals surface area (Å²) in [6, 6.07) is 3.54. The van der Waals surface area contributed by atoms with Gasteiger partial charge in [-0.05, 0) is 19.9 Å². The average Bonchev–Trinajstić information content (AvgIpc) is 2.03. The van der Waals surface area contributed by atoms with Crippen LogP contribution in [0.2, 0.25) is 0 Å². The molecule has 0 radical (unpaired) electrons. The molecule has 0 amide bonds. The fraction of sp³-hybridized carbons (Fsp3) is 0.375. The summed E-state index contributed by atoms with van der Waals surface area (Å²) >= 11 is -2.48. The first-order chi connectivity index (χ1) is 6.11. The Morgan fingerprint density at radius 1 is 1.69 bits per heavy atom. The molecule has 72 valence electrons. The summed E-state index contributed by atoms with van der Waals surface area (Å²) < 4.78 is 25.1. The second-order valence-electron chi connectivity index (χ2n) is 2.62. The molecule has 2 atom stereocenters. The summed E-state index contributed by atoms with van der Waals surface area (Å²) in [7, 11) is 0. The second kappa shape index (κ2) is 4.45. The SMILES string of the molecule is Cc1ncccc1C(C)OS(=O)[O-]. The van der Waals surface area contributed by atoms with Crippen LogP contribution in [0.25, 0.3) is 0 Å². The predicted octanol–water partition coefficient (Wildman–Crippen LogP) is 1.26. The number of rotatable bonds is 3. The van der Waals surface area contributed by atoms with Gasteiger partial charge in [-0.25, -0.2) is 4.21 Å². The van der Waals surface area contributed by atoms with Crippen molar-refractivity contribution in [3.63, 3.8) is 0 Å². The van der Waals surface area contributed by atoms with Gasteiger partial charge in [0.25, 0.3) is 0 Å². The number of hydrogen-bond acceptors (Lipinski definition) is 4. The van der Waals surface area contributed by atoms with E-state index in [9.17, 15) is 8.76 Å². The van der Waals surface area contributed by atoms with Crippen molar-refractivity contribution in [3.05, 3.63) is 29.6 Å². The number of nitrogens with zero attached hydrogens (tertiary/aromatic N) is 1. The summed E-state index contributed by atoms with van der Waals surface area (Å²) in [6.45, 7) is 3.47. The van der Waals surface area contributed by atoms with Gasteiger partial charge >= 0.3 is 0 Å². The molecule has 0 saturated carbocycles. The minimum Gasteiger partial charge on any atom is -0.750 e. The van der Waals surface area contributed by atoms with Crippen LogP contribution in [0, 0.1) is 6.92 Å². The molecule has 0 bridgehead atoms. The van der Waals surface area contributed by atoms with Crippen LogP contribution in [0.3, 0.4) is 0 Å². The Labute approximate surface area is 79.4 Å². The fourth-order valence-corrected chi connectivity index (χ4v) is 1.44. The Bertz CT molecular complexity index is 316. The lowest BCUT2D eigenvalue weighted by Gasteiger charge is -2.15. The smallest absolute Gasteiger partial charge is 0.0976 e. The highest BCUT2D eigenvalue weighted by Gasteiger charge is 2.08. The highest BCUT2D eigenvalue weighted by molar-refractivity contribution is 7.74. The Morgan fingerprint density at radius 3 is 2.92 bits per heavy atom. The van der Waals surface area contributed by atoms with Crippen LogP contribution < -0.4 is 0 Å². The van der Waals surface area contributed by atoms with Crippen molar-refractivity contribution in [1.82, 2.24) is 4.98 Å². The fourth-order valence-electron chi connectivity index (χ4n) is 1.10. The third kappa shape index (κ3) is 2.87. The van der Waals surface area contributed by atoms with Crippen molar-refractivity contribution >= 4 is 11.4 Å². The maximum absolute atomic E-state index is 10.3. The number of aryl methyl sites for hydroxylation is 1. The van der Waals surface area contributed by atoms with Crippen LogP contribution in [-0.4, -0.2) is 13.7 Å². The zero-order chi connectivity index (χ0) is 9.84. The molecule has 1 aromatic rings. The molecule has 0 saturated heterocycles. The van der Waals surface area contributed by atoms with E-state index in [4.69, 9.17) is 0 Å². The third-order valence-electron chi connectivity index (χ3n) is 1.71. The van der Waals surface area contributed by atoms with Crippen molar-refractivity contribution in [2.75, 3.05) is 0 Å². The van der Waals surface area contributed by atoms with Gasteiger partial charge in [-0.1, -0.05) is 6.07 Å². The highest BCUT2D eigenvalue weighted by Crippen LogP contribution is 2.19. The summed E-state index contributed by atoms with van der Waals surface area (Å²) in [5.74, 6) is 0. The first kappa shape index (κ1) is 10.3. The Balaban J connectivity index is 2.82. The van der Waals surface area contributed by atoms with Gasteiger partial charge in [0, 0.05) is 17.5 Å². The van der Waals surface area contributed by atoms with Gasteiger partial charge < -0.3 is 4.55 Å². The number of hydrogen-bond donors (Lipinski definition) is 0. The van der Waals surface area contributed by atoms with E-state index in [2.05, 4.69) is 9.17 Å². The van der Waals surface area contributed by atoms with Crippen molar-refractivity contribution in [2.24, 2.45) is 0 Å². The molecule has 0 aliphatic carbocycles. The maximum atomic E-state index is 10.3. The van der Waals surface area contributed by atoms with Crippen LogP contribution >= 0.6 is 0 Å². The maximum Gasteiger partial charge on any atom is 0.0976 e. The van der Waals surface area contributed by atoms with Gasteiger partial charge in [0.15, 0.2) is 0 Å². The molecule has 1 aromatic heterocycles. The second-order valence-corrected chi connectivity index (χ2v) is 3.22. The summed E-state index contributed by atoms with van der Waals surface area (Å²) in [6.07, 6.45) is 1.17.